The molecule has 1 aromatic heterocycles. The zero-order chi connectivity index (χ0) is 27.7. The van der Waals surface area contributed by atoms with Gasteiger partial charge in [-0.2, -0.15) is 5.10 Å². The van der Waals surface area contributed by atoms with E-state index in [2.05, 4.69) is 19.2 Å². The second-order valence-corrected chi connectivity index (χ2v) is 14.4. The highest BCUT2D eigenvalue weighted by Crippen LogP contribution is 2.39. The molecule has 0 aliphatic carbocycles. The Kier molecular flexibility index (Phi) is 8.19. The van der Waals surface area contributed by atoms with Gasteiger partial charge in [0, 0.05) is 43.9 Å². The van der Waals surface area contributed by atoms with E-state index >= 15 is 0 Å². The minimum absolute atomic E-state index is 0.00909. The summed E-state index contributed by atoms with van der Waals surface area (Å²) in [6, 6.07) is 6.27. The molecule has 0 atom stereocenters. The van der Waals surface area contributed by atoms with Crippen LogP contribution in [0, 0.1) is 10.8 Å². The third-order valence-electron chi connectivity index (χ3n) is 8.18. The van der Waals surface area contributed by atoms with Crippen molar-refractivity contribution in [3.05, 3.63) is 46.8 Å². The lowest BCUT2D eigenvalue weighted by atomic mass is 9.74. The summed E-state index contributed by atoms with van der Waals surface area (Å²) in [6.45, 7) is 12.3. The maximum Gasteiger partial charge on any atom is 0.269 e. The minimum atomic E-state index is -3.37. The number of amides is 1. The van der Waals surface area contributed by atoms with Crippen molar-refractivity contribution in [2.45, 2.75) is 89.8 Å². The molecule has 0 unspecified atom stereocenters. The van der Waals surface area contributed by atoms with Crippen molar-refractivity contribution >= 4 is 21.5 Å². The number of Topliss-reactive ketones (excluding diaryl/α,β-unsaturated/α-hetero) is 1. The fourth-order valence-electron chi connectivity index (χ4n) is 5.55. The number of aromatic nitrogens is 2. The number of carbonyl (C=O) groups excluding carboxylic acids is 2. The lowest BCUT2D eigenvalue weighted by Crippen LogP contribution is -2.40. The van der Waals surface area contributed by atoms with Gasteiger partial charge in [-0.3, -0.25) is 14.3 Å². The Morgan fingerprint density at radius 3 is 2.45 bits per heavy atom. The van der Waals surface area contributed by atoms with E-state index < -0.39 is 15.1 Å². The molecule has 2 aliphatic heterocycles. The molecular weight excluding hydrogens is 502 g/mol. The number of fused-ring (bicyclic) bond motifs is 1. The lowest BCUT2D eigenvalue weighted by Gasteiger charge is -2.36. The van der Waals surface area contributed by atoms with Crippen molar-refractivity contribution in [3.8, 4) is 0 Å². The Bertz CT molecular complexity index is 1290. The van der Waals surface area contributed by atoms with E-state index in [0.29, 0.717) is 56.8 Å². The number of ketones is 1. The van der Waals surface area contributed by atoms with Gasteiger partial charge in [0.15, 0.2) is 15.6 Å². The zero-order valence-electron chi connectivity index (χ0n) is 23.3. The predicted molar refractivity (Wildman–Crippen MR) is 146 cm³/mol. The SMILES string of the molecule is CCn1nc(CC(C)(C)CCC(=O)c2ccc(S(=O)(=O)C(C)C)cc2)c2c1C(=O)NCC1(CCOCC1)C2. The summed E-state index contributed by atoms with van der Waals surface area (Å²) in [5.74, 6) is -0.0649. The van der Waals surface area contributed by atoms with E-state index in [4.69, 9.17) is 9.84 Å². The van der Waals surface area contributed by atoms with Gasteiger partial charge in [-0.25, -0.2) is 8.42 Å². The van der Waals surface area contributed by atoms with Crippen molar-refractivity contribution in [2.24, 2.45) is 10.8 Å². The Morgan fingerprint density at radius 2 is 1.84 bits per heavy atom. The standard InChI is InChI=1S/C29H41N3O5S/c1-6-32-26-23(17-29(19-30-27(26)34)13-15-37-16-14-29)24(31-32)18-28(4,5)12-11-25(33)21-7-9-22(10-8-21)38(35,36)20(2)3/h7-10,20H,6,11-19H2,1-5H3,(H,30,34). The normalized spacial score (nSPS) is 17.8. The number of benzene rings is 1. The van der Waals surface area contributed by atoms with E-state index in [9.17, 15) is 18.0 Å². The van der Waals surface area contributed by atoms with Gasteiger partial charge < -0.3 is 10.1 Å². The molecule has 1 amide bonds. The van der Waals surface area contributed by atoms with Crippen molar-refractivity contribution < 1.29 is 22.7 Å². The third kappa shape index (κ3) is 5.88. The molecule has 8 nitrogen and oxygen atoms in total. The first-order valence-electron chi connectivity index (χ1n) is 13.7. The third-order valence-corrected chi connectivity index (χ3v) is 10.3. The molecule has 4 rings (SSSR count). The second-order valence-electron chi connectivity index (χ2n) is 11.9. The lowest BCUT2D eigenvalue weighted by molar-refractivity contribution is 0.0160. The molecule has 1 aromatic carbocycles. The largest absolute Gasteiger partial charge is 0.381 e. The van der Waals surface area contributed by atoms with Crippen molar-refractivity contribution in [2.75, 3.05) is 19.8 Å². The van der Waals surface area contributed by atoms with Crippen LogP contribution in [0.5, 0.6) is 0 Å². The number of nitrogens with one attached hydrogen (secondary N) is 1. The maximum atomic E-state index is 13.1. The first kappa shape index (κ1) is 28.5. The van der Waals surface area contributed by atoms with Gasteiger partial charge in [-0.05, 0) is 75.8 Å². The number of carbonyl (C=O) groups is 2. The van der Waals surface area contributed by atoms with Gasteiger partial charge in [0.05, 0.1) is 15.8 Å². The van der Waals surface area contributed by atoms with Crippen molar-refractivity contribution in [3.63, 3.8) is 0 Å². The summed E-state index contributed by atoms with van der Waals surface area (Å²) in [5, 5.41) is 7.52. The van der Waals surface area contributed by atoms with Gasteiger partial charge in [0.2, 0.25) is 0 Å². The Balaban J connectivity index is 1.49. The Labute approximate surface area is 226 Å². The minimum Gasteiger partial charge on any atom is -0.381 e. The summed E-state index contributed by atoms with van der Waals surface area (Å²) in [6.07, 6.45) is 4.30. The molecule has 1 saturated heterocycles. The van der Waals surface area contributed by atoms with Crippen LogP contribution in [0.1, 0.15) is 92.4 Å². The molecule has 0 bridgehead atoms. The highest BCUT2D eigenvalue weighted by molar-refractivity contribution is 7.92. The van der Waals surface area contributed by atoms with E-state index in [-0.39, 0.29) is 27.4 Å². The highest BCUT2D eigenvalue weighted by Gasteiger charge is 2.40. The second kappa shape index (κ2) is 10.9. The van der Waals surface area contributed by atoms with Crippen LogP contribution in [0.4, 0.5) is 0 Å². The molecule has 0 saturated carbocycles. The molecule has 38 heavy (non-hydrogen) atoms. The first-order chi connectivity index (χ1) is 17.9. The zero-order valence-corrected chi connectivity index (χ0v) is 24.1. The highest BCUT2D eigenvalue weighted by atomic mass is 32.2. The number of sulfone groups is 1. The number of rotatable bonds is 9. The molecule has 1 spiro atoms. The molecule has 1 fully saturated rings. The van der Waals surface area contributed by atoms with Gasteiger partial charge in [0.1, 0.15) is 5.69 Å². The number of ether oxygens (including phenoxy) is 1. The fourth-order valence-corrected chi connectivity index (χ4v) is 6.61. The summed E-state index contributed by atoms with van der Waals surface area (Å²) in [7, 11) is -3.37. The summed E-state index contributed by atoms with van der Waals surface area (Å²) in [5.41, 5.74) is 2.96. The van der Waals surface area contributed by atoms with E-state index in [0.717, 1.165) is 30.5 Å². The van der Waals surface area contributed by atoms with Crippen LogP contribution in [0.2, 0.25) is 0 Å². The van der Waals surface area contributed by atoms with Crippen molar-refractivity contribution in [1.29, 1.82) is 0 Å². The first-order valence-corrected chi connectivity index (χ1v) is 15.2. The predicted octanol–water partition coefficient (Wildman–Crippen LogP) is 4.40. The van der Waals surface area contributed by atoms with E-state index in [1.54, 1.807) is 26.0 Å². The number of nitrogens with zero attached hydrogens (tertiary/aromatic N) is 2. The van der Waals surface area contributed by atoms with Crippen molar-refractivity contribution in [1.82, 2.24) is 15.1 Å². The van der Waals surface area contributed by atoms with Crippen LogP contribution in [0.3, 0.4) is 0 Å². The summed E-state index contributed by atoms with van der Waals surface area (Å²) in [4.78, 5) is 26.3. The topological polar surface area (TPSA) is 107 Å². The number of hydrogen-bond acceptors (Lipinski definition) is 6. The smallest absolute Gasteiger partial charge is 0.269 e. The molecule has 1 N–H and O–H groups in total. The van der Waals surface area contributed by atoms with Gasteiger partial charge in [-0.15, -0.1) is 0 Å². The number of hydrogen-bond donors (Lipinski definition) is 1. The van der Waals surface area contributed by atoms with Crippen LogP contribution in [0.25, 0.3) is 0 Å². The van der Waals surface area contributed by atoms with Crippen LogP contribution in [-0.2, 0) is 34.0 Å². The Morgan fingerprint density at radius 1 is 1.18 bits per heavy atom. The average molecular weight is 544 g/mol. The molecule has 2 aromatic rings. The molecule has 3 heterocycles. The fraction of sp³-hybridized carbons (Fsp3) is 0.621. The van der Waals surface area contributed by atoms with E-state index in [1.165, 1.54) is 12.1 Å². The van der Waals surface area contributed by atoms with Crippen LogP contribution in [-0.4, -0.2) is 54.9 Å². The monoisotopic (exact) mass is 543 g/mol. The summed E-state index contributed by atoms with van der Waals surface area (Å²) < 4.78 is 32.2. The van der Waals surface area contributed by atoms with Crippen LogP contribution >= 0.6 is 0 Å². The van der Waals surface area contributed by atoms with Gasteiger partial charge in [-0.1, -0.05) is 26.0 Å². The molecule has 0 radical (unpaired) electrons. The van der Waals surface area contributed by atoms with Crippen LogP contribution < -0.4 is 5.32 Å². The average Bonchev–Trinajstić information content (AvgIpc) is 3.15. The summed E-state index contributed by atoms with van der Waals surface area (Å²) >= 11 is 0. The number of aryl methyl sites for hydroxylation is 1. The molecular formula is C29H41N3O5S. The maximum absolute atomic E-state index is 13.1. The Hall–Kier alpha value is -2.52. The molecule has 9 heteroatoms. The quantitative estimate of drug-likeness (QED) is 0.470. The molecule has 2 aliphatic rings. The van der Waals surface area contributed by atoms with E-state index in [1.807, 2.05) is 11.6 Å². The van der Waals surface area contributed by atoms with Crippen LogP contribution in [0.15, 0.2) is 29.2 Å². The van der Waals surface area contributed by atoms with Gasteiger partial charge >= 0.3 is 0 Å². The van der Waals surface area contributed by atoms with Gasteiger partial charge in [0.25, 0.3) is 5.91 Å². The molecule has 208 valence electrons.